The van der Waals surface area contributed by atoms with Crippen molar-refractivity contribution in [2.24, 2.45) is 0 Å². The summed E-state index contributed by atoms with van der Waals surface area (Å²) in [5.41, 5.74) is 2.64. The number of rotatable bonds is 3. The molecule has 0 fully saturated rings. The number of fused-ring (bicyclic) bond motifs is 2. The van der Waals surface area contributed by atoms with Crippen LogP contribution in [0.15, 0.2) is 58.0 Å². The first-order valence-electron chi connectivity index (χ1n) is 6.45. The van der Waals surface area contributed by atoms with Crippen LogP contribution in [0.4, 0.5) is 0 Å². The van der Waals surface area contributed by atoms with Gasteiger partial charge in [-0.1, -0.05) is 18.2 Å². The maximum atomic E-state index is 9.63. The Morgan fingerprint density at radius 2 is 1.95 bits per heavy atom. The van der Waals surface area contributed by atoms with Gasteiger partial charge in [0.25, 0.3) is 0 Å². The molecule has 0 radical (unpaired) electrons. The molecule has 0 aliphatic heterocycles. The fraction of sp³-hybridized carbons (Fsp3) is 0.0667. The quantitative estimate of drug-likeness (QED) is 0.628. The summed E-state index contributed by atoms with van der Waals surface area (Å²) in [4.78, 5) is 9.19. The summed E-state index contributed by atoms with van der Waals surface area (Å²) in [6.45, 7) is -0.0432. The Labute approximate surface area is 129 Å². The van der Waals surface area contributed by atoms with E-state index in [4.69, 9.17) is 0 Å². The molecule has 1 aromatic carbocycles. The molecule has 0 saturated heterocycles. The molecule has 21 heavy (non-hydrogen) atoms. The van der Waals surface area contributed by atoms with E-state index in [-0.39, 0.29) is 6.61 Å². The lowest BCUT2D eigenvalue weighted by Gasteiger charge is -1.98. The zero-order chi connectivity index (χ0) is 14.2. The fourth-order valence-corrected chi connectivity index (χ4v) is 4.33. The van der Waals surface area contributed by atoms with Gasteiger partial charge in [-0.2, -0.15) is 0 Å². The minimum absolute atomic E-state index is 0.0432. The first-order chi connectivity index (χ1) is 10.3. The van der Waals surface area contributed by atoms with Crippen molar-refractivity contribution >= 4 is 39.0 Å². The van der Waals surface area contributed by atoms with Crippen LogP contribution in [0, 0.1) is 0 Å². The zero-order valence-corrected chi connectivity index (χ0v) is 12.6. The Hall–Kier alpha value is -1.89. The van der Waals surface area contributed by atoms with Gasteiger partial charge in [0.05, 0.1) is 22.5 Å². The van der Waals surface area contributed by atoms with Crippen molar-refractivity contribution in [1.29, 1.82) is 0 Å². The molecule has 0 spiro atoms. The molecule has 0 bridgehead atoms. The van der Waals surface area contributed by atoms with Crippen LogP contribution in [0.3, 0.4) is 0 Å². The third-order valence-electron chi connectivity index (χ3n) is 3.20. The van der Waals surface area contributed by atoms with Gasteiger partial charge in [-0.3, -0.25) is 0 Å². The van der Waals surface area contributed by atoms with E-state index in [1.54, 1.807) is 11.3 Å². The van der Waals surface area contributed by atoms with E-state index in [1.165, 1.54) is 11.8 Å². The number of aliphatic hydroxyl groups excluding tert-OH is 1. The number of hydrogen-bond acceptors (Lipinski definition) is 5. The smallest absolute Gasteiger partial charge is 0.157 e. The molecule has 1 N–H and O–H groups in total. The maximum absolute atomic E-state index is 9.63. The highest BCUT2D eigenvalue weighted by Gasteiger charge is 2.14. The minimum Gasteiger partial charge on any atom is -0.390 e. The number of imidazole rings is 1. The summed E-state index contributed by atoms with van der Waals surface area (Å²) in [5.74, 6) is 0. The van der Waals surface area contributed by atoms with E-state index < -0.39 is 0 Å². The van der Waals surface area contributed by atoms with Gasteiger partial charge in [0.2, 0.25) is 0 Å². The molecule has 0 atom stereocenters. The van der Waals surface area contributed by atoms with Crippen LogP contribution in [-0.4, -0.2) is 19.5 Å². The van der Waals surface area contributed by atoms with E-state index in [1.807, 2.05) is 47.0 Å². The van der Waals surface area contributed by atoms with Crippen molar-refractivity contribution in [3.05, 3.63) is 54.4 Å². The van der Waals surface area contributed by atoms with Gasteiger partial charge >= 0.3 is 0 Å². The lowest BCUT2D eigenvalue weighted by Crippen LogP contribution is -1.92. The Morgan fingerprint density at radius 3 is 2.81 bits per heavy atom. The number of nitrogens with zero attached hydrogens (tertiary/aromatic N) is 3. The first kappa shape index (κ1) is 12.8. The predicted molar refractivity (Wildman–Crippen MR) is 84.9 cm³/mol. The molecule has 4 rings (SSSR count). The van der Waals surface area contributed by atoms with Crippen LogP contribution < -0.4 is 0 Å². The van der Waals surface area contributed by atoms with Gasteiger partial charge in [0.15, 0.2) is 4.34 Å². The Bertz CT molecular complexity index is 896. The summed E-state index contributed by atoms with van der Waals surface area (Å²) < 4.78 is 4.01. The summed E-state index contributed by atoms with van der Waals surface area (Å²) in [5, 5.41) is 10.4. The summed E-state index contributed by atoms with van der Waals surface area (Å²) in [6.07, 6.45) is 1.91. The average Bonchev–Trinajstić information content (AvgIpc) is 3.06. The lowest BCUT2D eigenvalue weighted by molar-refractivity contribution is 0.272. The number of hydrogen-bond donors (Lipinski definition) is 1. The topological polar surface area (TPSA) is 50.4 Å². The molecule has 6 heteroatoms. The van der Waals surface area contributed by atoms with E-state index in [0.717, 1.165) is 30.9 Å². The monoisotopic (exact) mass is 313 g/mol. The van der Waals surface area contributed by atoms with Crippen LogP contribution in [-0.2, 0) is 6.61 Å². The molecule has 3 aromatic heterocycles. The number of benzene rings is 1. The predicted octanol–water partition coefficient (Wildman–Crippen LogP) is 3.59. The molecular formula is C15H11N3OS2. The molecule has 0 aliphatic carbocycles. The van der Waals surface area contributed by atoms with Crippen molar-refractivity contribution in [3.63, 3.8) is 0 Å². The molecule has 0 aliphatic rings. The largest absolute Gasteiger partial charge is 0.390 e. The van der Waals surface area contributed by atoms with Crippen LogP contribution >= 0.6 is 23.1 Å². The van der Waals surface area contributed by atoms with Gasteiger partial charge < -0.3 is 9.51 Å². The highest BCUT2D eigenvalue weighted by atomic mass is 32.2. The van der Waals surface area contributed by atoms with Crippen molar-refractivity contribution < 1.29 is 5.11 Å². The first-order valence-corrected chi connectivity index (χ1v) is 8.09. The lowest BCUT2D eigenvalue weighted by atomic mass is 10.3. The molecule has 3 heterocycles. The summed E-state index contributed by atoms with van der Waals surface area (Å²) >= 11 is 3.15. The standard InChI is InChI=1S/C15H11N3OS2/c19-9-11-14(17-13-7-3-4-8-18(11)13)21-15-16-10-5-1-2-6-12(10)20-15/h1-8,19H,9H2. The molecule has 4 nitrogen and oxygen atoms in total. The van der Waals surface area contributed by atoms with Crippen molar-refractivity contribution in [2.75, 3.05) is 0 Å². The molecule has 0 saturated carbocycles. The zero-order valence-electron chi connectivity index (χ0n) is 10.9. The summed E-state index contributed by atoms with van der Waals surface area (Å²) in [6, 6.07) is 13.9. The van der Waals surface area contributed by atoms with Gasteiger partial charge in [0, 0.05) is 6.20 Å². The maximum Gasteiger partial charge on any atom is 0.157 e. The van der Waals surface area contributed by atoms with Crippen LogP contribution in [0.2, 0.25) is 0 Å². The number of aromatic nitrogens is 3. The Morgan fingerprint density at radius 1 is 1.10 bits per heavy atom. The van der Waals surface area contributed by atoms with Gasteiger partial charge in [-0.15, -0.1) is 11.3 Å². The van der Waals surface area contributed by atoms with Crippen LogP contribution in [0.25, 0.3) is 15.9 Å². The fourth-order valence-electron chi connectivity index (χ4n) is 2.23. The second kappa shape index (κ2) is 5.14. The number of aliphatic hydroxyl groups is 1. The van der Waals surface area contributed by atoms with E-state index in [2.05, 4.69) is 16.0 Å². The molecule has 0 unspecified atom stereocenters. The van der Waals surface area contributed by atoms with Gasteiger partial charge in [-0.25, -0.2) is 9.97 Å². The van der Waals surface area contributed by atoms with E-state index in [0.29, 0.717) is 0 Å². The van der Waals surface area contributed by atoms with Gasteiger partial charge in [0.1, 0.15) is 10.7 Å². The third-order valence-corrected chi connectivity index (χ3v) is 5.32. The van der Waals surface area contributed by atoms with Crippen LogP contribution in [0.5, 0.6) is 0 Å². The highest BCUT2D eigenvalue weighted by Crippen LogP contribution is 2.35. The minimum atomic E-state index is -0.0432. The Balaban J connectivity index is 1.79. The van der Waals surface area contributed by atoms with E-state index in [9.17, 15) is 5.11 Å². The van der Waals surface area contributed by atoms with Crippen molar-refractivity contribution in [3.8, 4) is 0 Å². The molecule has 0 amide bonds. The molecule has 104 valence electrons. The van der Waals surface area contributed by atoms with Gasteiger partial charge in [-0.05, 0) is 36.0 Å². The SMILES string of the molecule is OCc1c(Sc2nc3ccccc3s2)nc2ccccn12. The van der Waals surface area contributed by atoms with Crippen LogP contribution in [0.1, 0.15) is 5.69 Å². The normalized spacial score (nSPS) is 11.5. The number of para-hydroxylation sites is 1. The summed E-state index contributed by atoms with van der Waals surface area (Å²) in [7, 11) is 0. The Kier molecular flexibility index (Phi) is 3.14. The van der Waals surface area contributed by atoms with Crippen molar-refractivity contribution in [1.82, 2.24) is 14.4 Å². The van der Waals surface area contributed by atoms with E-state index >= 15 is 0 Å². The second-order valence-corrected chi connectivity index (χ2v) is 6.77. The number of thiazole rings is 1. The second-order valence-electron chi connectivity index (χ2n) is 4.50. The highest BCUT2D eigenvalue weighted by molar-refractivity contribution is 8.01. The van der Waals surface area contributed by atoms with Crippen molar-refractivity contribution in [2.45, 2.75) is 16.0 Å². The molecule has 4 aromatic rings. The average molecular weight is 313 g/mol. The molecular weight excluding hydrogens is 302 g/mol. The third kappa shape index (κ3) is 2.21. The number of pyridine rings is 1.